The number of carbonyl (C=O) groups excluding carboxylic acids is 1. The maximum Gasteiger partial charge on any atom is 0.246 e. The number of benzene rings is 2. The second-order valence-electron chi connectivity index (χ2n) is 7.71. The number of pyridine rings is 1. The SMILES string of the molecule is Cc1nc2ccccc2c(C)c1CC(=O)N1CCN(S(=O)(=O)c2ccccc2F)CC1. The highest BCUT2D eigenvalue weighted by molar-refractivity contribution is 7.89. The summed E-state index contributed by atoms with van der Waals surface area (Å²) in [6, 6.07) is 13.2. The van der Waals surface area contributed by atoms with Gasteiger partial charge in [-0.25, -0.2) is 12.8 Å². The Morgan fingerprint density at radius 2 is 1.65 bits per heavy atom. The number of piperazine rings is 1. The zero-order chi connectivity index (χ0) is 22.2. The normalized spacial score (nSPS) is 15.4. The van der Waals surface area contributed by atoms with Crippen molar-refractivity contribution in [1.82, 2.24) is 14.2 Å². The fraction of sp³-hybridized carbons (Fsp3) is 0.304. The third-order valence-corrected chi connectivity index (χ3v) is 7.79. The summed E-state index contributed by atoms with van der Waals surface area (Å²) in [6.07, 6.45) is 0.218. The molecule has 0 aliphatic carbocycles. The van der Waals surface area contributed by atoms with E-state index < -0.39 is 15.8 Å². The molecular formula is C23H24FN3O3S. The first kappa shape index (κ1) is 21.4. The lowest BCUT2D eigenvalue weighted by atomic mass is 9.99. The van der Waals surface area contributed by atoms with Crippen LogP contribution >= 0.6 is 0 Å². The molecule has 3 aromatic rings. The Bertz CT molecular complexity index is 1250. The Balaban J connectivity index is 1.47. The molecule has 2 aromatic carbocycles. The number of aromatic nitrogens is 1. The molecule has 162 valence electrons. The fourth-order valence-electron chi connectivity index (χ4n) is 4.06. The molecule has 1 aromatic heterocycles. The van der Waals surface area contributed by atoms with Crippen molar-refractivity contribution in [2.75, 3.05) is 26.2 Å². The molecule has 0 spiro atoms. The molecule has 1 aliphatic heterocycles. The first-order valence-electron chi connectivity index (χ1n) is 10.2. The molecule has 0 bridgehead atoms. The summed E-state index contributed by atoms with van der Waals surface area (Å²) < 4.78 is 40.8. The monoisotopic (exact) mass is 441 g/mol. The van der Waals surface area contributed by atoms with Crippen molar-refractivity contribution in [2.24, 2.45) is 0 Å². The van der Waals surface area contributed by atoms with Crippen LogP contribution in [0.25, 0.3) is 10.9 Å². The summed E-state index contributed by atoms with van der Waals surface area (Å²) in [7, 11) is -3.93. The molecule has 0 unspecified atom stereocenters. The maximum absolute atomic E-state index is 14.0. The molecule has 6 nitrogen and oxygen atoms in total. The minimum Gasteiger partial charge on any atom is -0.340 e. The summed E-state index contributed by atoms with van der Waals surface area (Å²) in [5, 5.41) is 1.02. The van der Waals surface area contributed by atoms with Gasteiger partial charge in [0.2, 0.25) is 15.9 Å². The lowest BCUT2D eigenvalue weighted by molar-refractivity contribution is -0.131. The fourth-order valence-corrected chi connectivity index (χ4v) is 5.55. The van der Waals surface area contributed by atoms with Crippen LogP contribution in [-0.2, 0) is 21.2 Å². The van der Waals surface area contributed by atoms with Gasteiger partial charge in [-0.3, -0.25) is 9.78 Å². The molecule has 0 atom stereocenters. The summed E-state index contributed by atoms with van der Waals surface area (Å²) in [5.74, 6) is -0.831. The number of hydrogen-bond donors (Lipinski definition) is 0. The molecule has 1 aliphatic rings. The highest BCUT2D eigenvalue weighted by Gasteiger charge is 2.32. The van der Waals surface area contributed by atoms with Crippen LogP contribution in [0.2, 0.25) is 0 Å². The smallest absolute Gasteiger partial charge is 0.246 e. The number of fused-ring (bicyclic) bond motifs is 1. The summed E-state index contributed by atoms with van der Waals surface area (Å²) in [6.45, 7) is 4.71. The van der Waals surface area contributed by atoms with E-state index >= 15 is 0 Å². The van der Waals surface area contributed by atoms with Crippen LogP contribution in [0.5, 0.6) is 0 Å². The molecule has 0 N–H and O–H groups in total. The number of halogens is 1. The number of sulfonamides is 1. The lowest BCUT2D eigenvalue weighted by Crippen LogP contribution is -2.51. The topological polar surface area (TPSA) is 70.6 Å². The highest BCUT2D eigenvalue weighted by Crippen LogP contribution is 2.24. The number of para-hydroxylation sites is 1. The van der Waals surface area contributed by atoms with Crippen molar-refractivity contribution >= 4 is 26.8 Å². The molecule has 2 heterocycles. The third-order valence-electron chi connectivity index (χ3n) is 5.86. The quantitative estimate of drug-likeness (QED) is 0.624. The molecule has 1 fully saturated rings. The van der Waals surface area contributed by atoms with Gasteiger partial charge in [-0.15, -0.1) is 0 Å². The molecular weight excluding hydrogens is 417 g/mol. The summed E-state index contributed by atoms with van der Waals surface area (Å²) in [4.78, 5) is 18.9. The van der Waals surface area contributed by atoms with E-state index in [4.69, 9.17) is 0 Å². The lowest BCUT2D eigenvalue weighted by Gasteiger charge is -2.34. The van der Waals surface area contributed by atoms with Crippen molar-refractivity contribution in [1.29, 1.82) is 0 Å². The number of amides is 1. The van der Waals surface area contributed by atoms with Gasteiger partial charge in [-0.1, -0.05) is 30.3 Å². The maximum atomic E-state index is 14.0. The number of nitrogens with zero attached hydrogens (tertiary/aromatic N) is 3. The summed E-state index contributed by atoms with van der Waals surface area (Å²) in [5.41, 5.74) is 3.67. The summed E-state index contributed by atoms with van der Waals surface area (Å²) >= 11 is 0. The standard InChI is InChI=1S/C23H24FN3O3S/c1-16-18-7-3-5-9-21(18)25-17(2)19(16)15-23(28)26-11-13-27(14-12-26)31(29,30)22-10-6-4-8-20(22)24/h3-10H,11-15H2,1-2H3. The average molecular weight is 442 g/mol. The van der Waals surface area contributed by atoms with Crippen molar-refractivity contribution in [3.05, 3.63) is 71.2 Å². The molecule has 0 radical (unpaired) electrons. The van der Waals surface area contributed by atoms with Crippen LogP contribution < -0.4 is 0 Å². The number of aryl methyl sites for hydroxylation is 2. The molecule has 31 heavy (non-hydrogen) atoms. The van der Waals surface area contributed by atoms with E-state index in [-0.39, 0.29) is 43.4 Å². The Labute approximate surface area is 181 Å². The van der Waals surface area contributed by atoms with Crippen LogP contribution in [-0.4, -0.2) is 54.7 Å². The van der Waals surface area contributed by atoms with Crippen molar-refractivity contribution in [2.45, 2.75) is 25.2 Å². The van der Waals surface area contributed by atoms with E-state index in [1.165, 1.54) is 22.5 Å². The van der Waals surface area contributed by atoms with Gasteiger partial charge in [0, 0.05) is 37.3 Å². The van der Waals surface area contributed by atoms with Crippen LogP contribution in [0.1, 0.15) is 16.8 Å². The zero-order valence-electron chi connectivity index (χ0n) is 17.5. The van der Waals surface area contributed by atoms with Gasteiger partial charge in [0.15, 0.2) is 0 Å². The van der Waals surface area contributed by atoms with Gasteiger partial charge >= 0.3 is 0 Å². The first-order valence-corrected chi connectivity index (χ1v) is 11.6. The zero-order valence-corrected chi connectivity index (χ0v) is 18.3. The van der Waals surface area contributed by atoms with Gasteiger partial charge in [0.25, 0.3) is 0 Å². The minimum absolute atomic E-state index is 0.0637. The molecule has 1 amide bonds. The third kappa shape index (κ3) is 4.05. The Morgan fingerprint density at radius 1 is 1.00 bits per heavy atom. The minimum atomic E-state index is -3.93. The van der Waals surface area contributed by atoms with E-state index in [2.05, 4.69) is 4.98 Å². The highest BCUT2D eigenvalue weighted by atomic mass is 32.2. The largest absolute Gasteiger partial charge is 0.340 e. The van der Waals surface area contributed by atoms with E-state index in [1.807, 2.05) is 38.1 Å². The second-order valence-corrected chi connectivity index (χ2v) is 9.62. The van der Waals surface area contributed by atoms with E-state index in [0.717, 1.165) is 33.8 Å². The van der Waals surface area contributed by atoms with Crippen molar-refractivity contribution < 1.29 is 17.6 Å². The second kappa shape index (κ2) is 8.36. The Hall–Kier alpha value is -2.84. The van der Waals surface area contributed by atoms with Crippen LogP contribution in [0, 0.1) is 19.7 Å². The van der Waals surface area contributed by atoms with Gasteiger partial charge in [-0.2, -0.15) is 4.31 Å². The molecule has 4 rings (SSSR count). The number of carbonyl (C=O) groups is 1. The van der Waals surface area contributed by atoms with E-state index in [1.54, 1.807) is 4.90 Å². The Morgan fingerprint density at radius 3 is 2.35 bits per heavy atom. The first-order chi connectivity index (χ1) is 14.8. The average Bonchev–Trinajstić information content (AvgIpc) is 2.77. The Kier molecular flexibility index (Phi) is 5.77. The molecule has 8 heteroatoms. The molecule has 1 saturated heterocycles. The van der Waals surface area contributed by atoms with Gasteiger partial charge in [0.05, 0.1) is 11.9 Å². The van der Waals surface area contributed by atoms with E-state index in [0.29, 0.717) is 0 Å². The molecule has 0 saturated carbocycles. The van der Waals surface area contributed by atoms with Gasteiger partial charge in [0.1, 0.15) is 10.7 Å². The van der Waals surface area contributed by atoms with Crippen LogP contribution in [0.15, 0.2) is 53.4 Å². The van der Waals surface area contributed by atoms with E-state index in [9.17, 15) is 17.6 Å². The van der Waals surface area contributed by atoms with Crippen LogP contribution in [0.4, 0.5) is 4.39 Å². The van der Waals surface area contributed by atoms with Gasteiger partial charge < -0.3 is 4.90 Å². The predicted molar refractivity (Wildman–Crippen MR) is 117 cm³/mol. The predicted octanol–water partition coefficient (Wildman–Crippen LogP) is 3.07. The van der Waals surface area contributed by atoms with Gasteiger partial charge in [-0.05, 0) is 43.2 Å². The van der Waals surface area contributed by atoms with Crippen molar-refractivity contribution in [3.63, 3.8) is 0 Å². The number of hydrogen-bond acceptors (Lipinski definition) is 4. The van der Waals surface area contributed by atoms with Crippen molar-refractivity contribution in [3.8, 4) is 0 Å². The number of rotatable bonds is 4. The van der Waals surface area contributed by atoms with Crippen LogP contribution in [0.3, 0.4) is 0 Å².